The van der Waals surface area contributed by atoms with Gasteiger partial charge in [-0.2, -0.15) is 0 Å². The normalized spacial score (nSPS) is 10.4. The Balaban J connectivity index is 1.96. The lowest BCUT2D eigenvalue weighted by Gasteiger charge is -2.00. The highest BCUT2D eigenvalue weighted by Gasteiger charge is 1.93. The van der Waals surface area contributed by atoms with Crippen molar-refractivity contribution in [3.05, 3.63) is 24.2 Å². The third-order valence-electron chi connectivity index (χ3n) is 1.68. The predicted octanol–water partition coefficient (Wildman–Crippen LogP) is 0.760. The molecule has 0 aliphatic rings. The van der Waals surface area contributed by atoms with E-state index in [0.717, 1.165) is 31.7 Å². The van der Waals surface area contributed by atoms with Gasteiger partial charge in [0.2, 0.25) is 0 Å². The maximum atomic E-state index is 5.32. The number of nitrogens with two attached hydrogens (primary N) is 1. The smallest absolute Gasteiger partial charge is 0.103 e. The first-order chi connectivity index (χ1) is 5.93. The standard InChI is InChI=1S/C9H16N2O/c10-5-7-11-6-1-3-9-4-2-8-12-9/h2,4,8,11H,1,3,5-7,10H2. The fourth-order valence-corrected chi connectivity index (χ4v) is 1.07. The van der Waals surface area contributed by atoms with E-state index in [9.17, 15) is 0 Å². The Morgan fingerprint density at radius 3 is 3.00 bits per heavy atom. The number of hydrogen-bond donors (Lipinski definition) is 2. The molecule has 0 saturated carbocycles. The van der Waals surface area contributed by atoms with Crippen LogP contribution in [0, 0.1) is 0 Å². The Morgan fingerprint density at radius 1 is 1.42 bits per heavy atom. The van der Waals surface area contributed by atoms with Gasteiger partial charge in [-0.25, -0.2) is 0 Å². The molecular formula is C9H16N2O. The molecule has 68 valence electrons. The van der Waals surface area contributed by atoms with Crippen LogP contribution in [0.4, 0.5) is 0 Å². The molecule has 0 radical (unpaired) electrons. The zero-order valence-corrected chi connectivity index (χ0v) is 7.25. The van der Waals surface area contributed by atoms with Crippen LogP contribution in [0.3, 0.4) is 0 Å². The summed E-state index contributed by atoms with van der Waals surface area (Å²) < 4.78 is 5.19. The average molecular weight is 168 g/mol. The molecule has 0 aromatic carbocycles. The lowest BCUT2D eigenvalue weighted by Crippen LogP contribution is -2.23. The van der Waals surface area contributed by atoms with E-state index in [1.807, 2.05) is 12.1 Å². The van der Waals surface area contributed by atoms with E-state index in [1.165, 1.54) is 0 Å². The second kappa shape index (κ2) is 5.80. The van der Waals surface area contributed by atoms with Crippen molar-refractivity contribution in [2.45, 2.75) is 12.8 Å². The molecule has 0 atom stereocenters. The van der Waals surface area contributed by atoms with E-state index in [1.54, 1.807) is 6.26 Å². The SMILES string of the molecule is NCCNCCCc1ccco1. The lowest BCUT2D eigenvalue weighted by molar-refractivity contribution is 0.496. The number of rotatable bonds is 6. The highest BCUT2D eigenvalue weighted by atomic mass is 16.3. The molecule has 3 N–H and O–H groups in total. The average Bonchev–Trinajstić information content (AvgIpc) is 2.57. The molecule has 1 aromatic heterocycles. The van der Waals surface area contributed by atoms with Gasteiger partial charge in [-0.05, 0) is 25.1 Å². The molecule has 0 aliphatic heterocycles. The molecule has 0 fully saturated rings. The monoisotopic (exact) mass is 168 g/mol. The fraction of sp³-hybridized carbons (Fsp3) is 0.556. The molecule has 0 spiro atoms. The van der Waals surface area contributed by atoms with Crippen molar-refractivity contribution in [3.8, 4) is 0 Å². The summed E-state index contributed by atoms with van der Waals surface area (Å²) in [5, 5.41) is 3.23. The Kier molecular flexibility index (Phi) is 4.49. The van der Waals surface area contributed by atoms with Crippen molar-refractivity contribution in [1.82, 2.24) is 5.32 Å². The van der Waals surface area contributed by atoms with Crippen molar-refractivity contribution in [1.29, 1.82) is 0 Å². The minimum absolute atomic E-state index is 0.709. The summed E-state index contributed by atoms with van der Waals surface area (Å²) in [6, 6.07) is 3.92. The summed E-state index contributed by atoms with van der Waals surface area (Å²) in [5.41, 5.74) is 5.32. The molecule has 3 nitrogen and oxygen atoms in total. The second-order valence-corrected chi connectivity index (χ2v) is 2.72. The summed E-state index contributed by atoms with van der Waals surface area (Å²) in [6.07, 6.45) is 3.82. The maximum Gasteiger partial charge on any atom is 0.103 e. The van der Waals surface area contributed by atoms with Crippen LogP contribution in [-0.4, -0.2) is 19.6 Å². The van der Waals surface area contributed by atoms with Crippen molar-refractivity contribution >= 4 is 0 Å². The molecule has 3 heteroatoms. The minimum atomic E-state index is 0.709. The highest BCUT2D eigenvalue weighted by molar-refractivity contribution is 4.97. The van der Waals surface area contributed by atoms with E-state index in [-0.39, 0.29) is 0 Å². The van der Waals surface area contributed by atoms with Crippen molar-refractivity contribution < 1.29 is 4.42 Å². The maximum absolute atomic E-state index is 5.32. The molecule has 1 aromatic rings. The largest absolute Gasteiger partial charge is 0.469 e. The first kappa shape index (κ1) is 9.29. The van der Waals surface area contributed by atoms with Gasteiger partial charge in [0, 0.05) is 19.5 Å². The first-order valence-corrected chi connectivity index (χ1v) is 4.36. The molecule has 0 aliphatic carbocycles. The van der Waals surface area contributed by atoms with Crippen LogP contribution in [0.5, 0.6) is 0 Å². The lowest BCUT2D eigenvalue weighted by atomic mass is 10.2. The minimum Gasteiger partial charge on any atom is -0.469 e. The zero-order valence-electron chi connectivity index (χ0n) is 7.25. The summed E-state index contributed by atoms with van der Waals surface area (Å²) in [6.45, 7) is 2.62. The van der Waals surface area contributed by atoms with Gasteiger partial charge in [0.25, 0.3) is 0 Å². The Hall–Kier alpha value is -0.800. The van der Waals surface area contributed by atoms with Crippen LogP contribution in [0.15, 0.2) is 22.8 Å². The van der Waals surface area contributed by atoms with Crippen molar-refractivity contribution in [2.24, 2.45) is 5.73 Å². The summed E-state index contributed by atoms with van der Waals surface area (Å²) >= 11 is 0. The van der Waals surface area contributed by atoms with Crippen LogP contribution in [0.25, 0.3) is 0 Å². The van der Waals surface area contributed by atoms with Gasteiger partial charge >= 0.3 is 0 Å². The topological polar surface area (TPSA) is 51.2 Å². The third-order valence-corrected chi connectivity index (χ3v) is 1.68. The Bertz CT molecular complexity index is 184. The predicted molar refractivity (Wildman–Crippen MR) is 49.0 cm³/mol. The van der Waals surface area contributed by atoms with Crippen LogP contribution < -0.4 is 11.1 Å². The summed E-state index contributed by atoms with van der Waals surface area (Å²) in [5.74, 6) is 1.06. The van der Waals surface area contributed by atoms with Gasteiger partial charge in [-0.15, -0.1) is 0 Å². The Morgan fingerprint density at radius 2 is 2.33 bits per heavy atom. The van der Waals surface area contributed by atoms with Crippen molar-refractivity contribution in [2.75, 3.05) is 19.6 Å². The quantitative estimate of drug-likeness (QED) is 0.617. The zero-order chi connectivity index (χ0) is 8.65. The van der Waals surface area contributed by atoms with Crippen LogP contribution in [0.1, 0.15) is 12.2 Å². The molecule has 1 heterocycles. The number of hydrogen-bond acceptors (Lipinski definition) is 3. The molecule has 0 unspecified atom stereocenters. The molecule has 12 heavy (non-hydrogen) atoms. The van der Waals surface area contributed by atoms with E-state index in [0.29, 0.717) is 6.54 Å². The van der Waals surface area contributed by atoms with E-state index in [4.69, 9.17) is 10.2 Å². The summed E-state index contributed by atoms with van der Waals surface area (Å²) in [7, 11) is 0. The first-order valence-electron chi connectivity index (χ1n) is 4.36. The van der Waals surface area contributed by atoms with Gasteiger partial charge in [-0.1, -0.05) is 0 Å². The van der Waals surface area contributed by atoms with Gasteiger partial charge in [0.1, 0.15) is 5.76 Å². The fourth-order valence-electron chi connectivity index (χ4n) is 1.07. The molecule has 1 rings (SSSR count). The number of aryl methyl sites for hydroxylation is 1. The molecule has 0 amide bonds. The molecule has 0 saturated heterocycles. The molecule has 0 bridgehead atoms. The van der Waals surface area contributed by atoms with Crippen LogP contribution >= 0.6 is 0 Å². The summed E-state index contributed by atoms with van der Waals surface area (Å²) in [4.78, 5) is 0. The van der Waals surface area contributed by atoms with Gasteiger partial charge in [0.15, 0.2) is 0 Å². The van der Waals surface area contributed by atoms with Gasteiger partial charge in [0.05, 0.1) is 6.26 Å². The number of nitrogens with one attached hydrogen (secondary N) is 1. The molecular weight excluding hydrogens is 152 g/mol. The van der Waals surface area contributed by atoms with Crippen LogP contribution in [-0.2, 0) is 6.42 Å². The number of furan rings is 1. The van der Waals surface area contributed by atoms with Gasteiger partial charge in [-0.3, -0.25) is 0 Å². The Labute approximate surface area is 72.9 Å². The second-order valence-electron chi connectivity index (χ2n) is 2.72. The highest BCUT2D eigenvalue weighted by Crippen LogP contribution is 2.02. The van der Waals surface area contributed by atoms with E-state index in [2.05, 4.69) is 5.32 Å². The third kappa shape index (κ3) is 3.55. The van der Waals surface area contributed by atoms with Crippen molar-refractivity contribution in [3.63, 3.8) is 0 Å². The van der Waals surface area contributed by atoms with E-state index < -0.39 is 0 Å². The van der Waals surface area contributed by atoms with Crippen LogP contribution in [0.2, 0.25) is 0 Å². The van der Waals surface area contributed by atoms with Gasteiger partial charge < -0.3 is 15.5 Å². The van der Waals surface area contributed by atoms with E-state index >= 15 is 0 Å².